The van der Waals surface area contributed by atoms with Gasteiger partial charge in [0.25, 0.3) is 0 Å². The Morgan fingerprint density at radius 2 is 2.14 bits per heavy atom. The van der Waals surface area contributed by atoms with Crippen LogP contribution < -0.4 is 4.90 Å². The van der Waals surface area contributed by atoms with Crippen molar-refractivity contribution in [3.05, 3.63) is 52.7 Å². The average Bonchev–Trinajstić information content (AvgIpc) is 2.91. The number of hydrogen-bond donors (Lipinski definition) is 0. The number of imidazole rings is 1. The minimum atomic E-state index is -0.514. The van der Waals surface area contributed by atoms with Crippen LogP contribution >= 0.6 is 0 Å². The smallest absolute Gasteiger partial charge is 0.358 e. The highest BCUT2D eigenvalue weighted by Gasteiger charge is 2.17. The summed E-state index contributed by atoms with van der Waals surface area (Å²) >= 11 is 0. The van der Waals surface area contributed by atoms with Crippen LogP contribution in [0.15, 0.2) is 36.9 Å². The summed E-state index contributed by atoms with van der Waals surface area (Å²) in [5.41, 5.74) is 1.21. The van der Waals surface area contributed by atoms with Crippen molar-refractivity contribution >= 4 is 17.3 Å². The predicted octanol–water partition coefficient (Wildman–Crippen LogP) is 1.06. The lowest BCUT2D eigenvalue weighted by Crippen LogP contribution is -2.19. The topological polar surface area (TPSA) is 102 Å². The van der Waals surface area contributed by atoms with Gasteiger partial charge in [-0.25, -0.2) is 4.98 Å². The fourth-order valence-electron chi connectivity index (χ4n) is 1.92. The quantitative estimate of drug-likeness (QED) is 0.521. The van der Waals surface area contributed by atoms with Gasteiger partial charge >= 0.3 is 5.82 Å². The van der Waals surface area contributed by atoms with Crippen molar-refractivity contribution in [1.29, 1.82) is 0 Å². The summed E-state index contributed by atoms with van der Waals surface area (Å²) in [6, 6.07) is 3.44. The molecule has 0 atom stereocenters. The molecule has 0 aromatic carbocycles. The Morgan fingerprint density at radius 1 is 1.29 bits per heavy atom. The number of aromatic nitrogens is 5. The number of nitrogens with zero attached hydrogens (tertiary/aromatic N) is 7. The second-order valence-corrected chi connectivity index (χ2v) is 4.39. The number of fused-ring (bicyclic) bond motifs is 1. The molecule has 3 heterocycles. The Bertz CT molecular complexity index is 787. The fourth-order valence-corrected chi connectivity index (χ4v) is 1.92. The molecule has 0 radical (unpaired) electrons. The van der Waals surface area contributed by atoms with E-state index in [1.807, 2.05) is 11.9 Å². The van der Waals surface area contributed by atoms with Gasteiger partial charge in [0.1, 0.15) is 6.20 Å². The molecular formula is C12H11N7O2. The van der Waals surface area contributed by atoms with Crippen LogP contribution in [0.1, 0.15) is 5.69 Å². The molecule has 21 heavy (non-hydrogen) atoms. The van der Waals surface area contributed by atoms with Crippen molar-refractivity contribution in [3.63, 3.8) is 0 Å². The third-order valence-corrected chi connectivity index (χ3v) is 2.92. The molecule has 0 saturated carbocycles. The summed E-state index contributed by atoms with van der Waals surface area (Å²) in [6.45, 7) is 0.495. The van der Waals surface area contributed by atoms with Gasteiger partial charge in [0.05, 0.1) is 18.4 Å². The number of nitro groups is 1. The minimum Gasteiger partial charge on any atom is -0.358 e. The van der Waals surface area contributed by atoms with Gasteiger partial charge in [-0.05, 0) is 11.0 Å². The molecule has 0 bridgehead atoms. The van der Waals surface area contributed by atoms with E-state index in [1.165, 1.54) is 10.7 Å². The first kappa shape index (κ1) is 12.9. The minimum absolute atomic E-state index is 0.167. The first-order chi connectivity index (χ1) is 10.1. The SMILES string of the molecule is CN(Cc1cnccn1)c1ccc2ncc([N+](=O)[O-])n2n1. The van der Waals surface area contributed by atoms with Gasteiger partial charge in [0.2, 0.25) is 5.65 Å². The molecule has 0 spiro atoms. The Labute approximate surface area is 119 Å². The maximum atomic E-state index is 10.9. The lowest BCUT2D eigenvalue weighted by Gasteiger charge is -2.15. The Kier molecular flexibility index (Phi) is 3.14. The van der Waals surface area contributed by atoms with Gasteiger partial charge < -0.3 is 15.0 Å². The Morgan fingerprint density at radius 3 is 2.86 bits per heavy atom. The van der Waals surface area contributed by atoms with E-state index >= 15 is 0 Å². The highest BCUT2D eigenvalue weighted by molar-refractivity contribution is 5.49. The number of rotatable bonds is 4. The fraction of sp³-hybridized carbons (Fsp3) is 0.167. The van der Waals surface area contributed by atoms with Crippen LogP contribution in [-0.4, -0.2) is 36.5 Å². The van der Waals surface area contributed by atoms with Gasteiger partial charge in [0.15, 0.2) is 5.82 Å². The predicted molar refractivity (Wildman–Crippen MR) is 73.8 cm³/mol. The van der Waals surface area contributed by atoms with Crippen LogP contribution in [-0.2, 0) is 6.54 Å². The molecule has 106 valence electrons. The third-order valence-electron chi connectivity index (χ3n) is 2.92. The Balaban J connectivity index is 1.93. The average molecular weight is 285 g/mol. The zero-order valence-electron chi connectivity index (χ0n) is 11.1. The van der Waals surface area contributed by atoms with Crippen molar-refractivity contribution in [1.82, 2.24) is 24.6 Å². The molecule has 0 unspecified atom stereocenters. The van der Waals surface area contributed by atoms with Crippen molar-refractivity contribution in [2.75, 3.05) is 11.9 Å². The molecule has 0 saturated heterocycles. The van der Waals surface area contributed by atoms with Crippen molar-refractivity contribution in [2.45, 2.75) is 6.54 Å². The highest BCUT2D eigenvalue weighted by atomic mass is 16.6. The molecule has 0 aliphatic heterocycles. The maximum absolute atomic E-state index is 10.9. The largest absolute Gasteiger partial charge is 0.368 e. The molecule has 9 heteroatoms. The number of anilines is 1. The van der Waals surface area contributed by atoms with E-state index in [0.717, 1.165) is 5.69 Å². The lowest BCUT2D eigenvalue weighted by atomic mass is 10.4. The summed E-state index contributed by atoms with van der Waals surface area (Å²) < 4.78 is 1.21. The van der Waals surface area contributed by atoms with E-state index in [2.05, 4.69) is 20.1 Å². The van der Waals surface area contributed by atoms with Crippen LogP contribution in [0, 0.1) is 10.1 Å². The van der Waals surface area contributed by atoms with E-state index in [0.29, 0.717) is 18.0 Å². The van der Waals surface area contributed by atoms with E-state index < -0.39 is 4.92 Å². The Hall–Kier alpha value is -3.10. The van der Waals surface area contributed by atoms with Crippen LogP contribution in [0.5, 0.6) is 0 Å². The van der Waals surface area contributed by atoms with Crippen LogP contribution in [0.4, 0.5) is 11.6 Å². The van der Waals surface area contributed by atoms with Gasteiger partial charge in [-0.1, -0.05) is 9.61 Å². The van der Waals surface area contributed by atoms with Crippen LogP contribution in [0.3, 0.4) is 0 Å². The van der Waals surface area contributed by atoms with E-state index in [9.17, 15) is 10.1 Å². The zero-order chi connectivity index (χ0) is 14.8. The molecule has 0 aliphatic carbocycles. The molecule has 0 amide bonds. The van der Waals surface area contributed by atoms with E-state index in [4.69, 9.17) is 0 Å². The van der Waals surface area contributed by atoms with Crippen LogP contribution in [0.25, 0.3) is 5.65 Å². The van der Waals surface area contributed by atoms with Crippen LogP contribution in [0.2, 0.25) is 0 Å². The second-order valence-electron chi connectivity index (χ2n) is 4.39. The summed E-state index contributed by atoms with van der Waals surface area (Å²) in [7, 11) is 1.83. The normalized spacial score (nSPS) is 10.7. The van der Waals surface area contributed by atoms with Crippen molar-refractivity contribution in [3.8, 4) is 0 Å². The summed E-state index contributed by atoms with van der Waals surface area (Å²) in [5.74, 6) is 0.411. The molecule has 3 aromatic rings. The van der Waals surface area contributed by atoms with Gasteiger partial charge in [-0.3, -0.25) is 9.97 Å². The lowest BCUT2D eigenvalue weighted by molar-refractivity contribution is -0.391. The van der Waals surface area contributed by atoms with Gasteiger partial charge in [0, 0.05) is 25.5 Å². The summed E-state index contributed by atoms with van der Waals surface area (Å²) in [6.07, 6.45) is 6.06. The zero-order valence-corrected chi connectivity index (χ0v) is 11.1. The highest BCUT2D eigenvalue weighted by Crippen LogP contribution is 2.17. The van der Waals surface area contributed by atoms with Crippen molar-refractivity contribution in [2.24, 2.45) is 0 Å². The standard InChI is InChI=1S/C12H11N7O2/c1-17(8-9-6-13-4-5-14-9)11-3-2-10-15-7-12(19(20)21)18(10)16-11/h2-7H,8H2,1H3. The summed E-state index contributed by atoms with van der Waals surface area (Å²) in [4.78, 5) is 24.4. The monoisotopic (exact) mass is 285 g/mol. The number of hydrogen-bond acceptors (Lipinski definition) is 7. The molecule has 0 aliphatic rings. The first-order valence-corrected chi connectivity index (χ1v) is 6.10. The first-order valence-electron chi connectivity index (χ1n) is 6.10. The van der Waals surface area contributed by atoms with Gasteiger partial charge in [-0.15, -0.1) is 0 Å². The molecule has 0 N–H and O–H groups in total. The third kappa shape index (κ3) is 2.48. The van der Waals surface area contributed by atoms with Crippen molar-refractivity contribution < 1.29 is 4.92 Å². The summed E-state index contributed by atoms with van der Waals surface area (Å²) in [5, 5.41) is 15.2. The molecular weight excluding hydrogens is 274 g/mol. The second kappa shape index (κ2) is 5.12. The maximum Gasteiger partial charge on any atom is 0.368 e. The van der Waals surface area contributed by atoms with E-state index in [1.54, 1.807) is 30.7 Å². The molecule has 0 fully saturated rings. The molecule has 3 aromatic heterocycles. The van der Waals surface area contributed by atoms with E-state index in [-0.39, 0.29) is 5.82 Å². The molecule has 3 rings (SSSR count). The molecule has 9 nitrogen and oxygen atoms in total. The van der Waals surface area contributed by atoms with Gasteiger partial charge in [-0.2, -0.15) is 0 Å².